The Hall–Kier alpha value is -1.18. The van der Waals surface area contributed by atoms with Gasteiger partial charge < -0.3 is 10.4 Å². The average Bonchev–Trinajstić information content (AvgIpc) is 2.34. The van der Waals surface area contributed by atoms with E-state index in [9.17, 15) is 12.8 Å². The molecule has 4 N–H and O–H groups in total. The second-order valence-corrected chi connectivity index (χ2v) is 5.81. The number of primary sulfonamides is 1. The Kier molecular flexibility index (Phi) is 6.20. The van der Waals surface area contributed by atoms with Crippen molar-refractivity contribution in [3.63, 3.8) is 0 Å². The standard InChI is InChI=1S/C12H19FN2O3S/c13-11-9-10(19(14,17)18)5-6-12(11)15-7-3-1-2-4-8-16/h5-6,9,15-16H,1-4,7-8H2,(H2,14,17,18). The lowest BCUT2D eigenvalue weighted by Gasteiger charge is -2.08. The minimum atomic E-state index is -3.87. The van der Waals surface area contributed by atoms with E-state index >= 15 is 0 Å². The van der Waals surface area contributed by atoms with Gasteiger partial charge in [0.05, 0.1) is 10.6 Å². The molecule has 0 bridgehead atoms. The van der Waals surface area contributed by atoms with Gasteiger partial charge in [-0.2, -0.15) is 0 Å². The van der Waals surface area contributed by atoms with Gasteiger partial charge in [0, 0.05) is 13.2 Å². The summed E-state index contributed by atoms with van der Waals surface area (Å²) < 4.78 is 35.6. The summed E-state index contributed by atoms with van der Waals surface area (Å²) in [4.78, 5) is -0.238. The molecule has 1 rings (SSSR count). The predicted molar refractivity (Wildman–Crippen MR) is 71.8 cm³/mol. The molecule has 0 atom stereocenters. The maximum atomic E-state index is 13.6. The van der Waals surface area contributed by atoms with E-state index < -0.39 is 15.8 Å². The number of anilines is 1. The number of aliphatic hydroxyl groups excluding tert-OH is 1. The van der Waals surface area contributed by atoms with E-state index in [0.29, 0.717) is 6.54 Å². The summed E-state index contributed by atoms with van der Waals surface area (Å²) in [6, 6.07) is 3.54. The molecular formula is C12H19FN2O3S. The largest absolute Gasteiger partial charge is 0.396 e. The molecule has 0 aromatic heterocycles. The van der Waals surface area contributed by atoms with Gasteiger partial charge in [0.15, 0.2) is 0 Å². The number of nitrogens with two attached hydrogens (primary N) is 1. The number of unbranched alkanes of at least 4 members (excludes halogenated alkanes) is 3. The summed E-state index contributed by atoms with van der Waals surface area (Å²) in [6.07, 6.45) is 3.52. The molecule has 5 nitrogen and oxygen atoms in total. The molecular weight excluding hydrogens is 271 g/mol. The van der Waals surface area contributed by atoms with Gasteiger partial charge in [-0.05, 0) is 31.0 Å². The van der Waals surface area contributed by atoms with Gasteiger partial charge >= 0.3 is 0 Å². The molecule has 7 heteroatoms. The van der Waals surface area contributed by atoms with E-state index in [1.54, 1.807) is 0 Å². The molecule has 0 fully saturated rings. The van der Waals surface area contributed by atoms with Gasteiger partial charge in [0.1, 0.15) is 5.82 Å². The van der Waals surface area contributed by atoms with E-state index in [2.05, 4.69) is 5.32 Å². The fourth-order valence-electron chi connectivity index (χ4n) is 1.63. The van der Waals surface area contributed by atoms with Crippen molar-refractivity contribution in [3.05, 3.63) is 24.0 Å². The van der Waals surface area contributed by atoms with Crippen LogP contribution in [0.5, 0.6) is 0 Å². The maximum Gasteiger partial charge on any atom is 0.238 e. The average molecular weight is 290 g/mol. The van der Waals surface area contributed by atoms with Crippen LogP contribution >= 0.6 is 0 Å². The van der Waals surface area contributed by atoms with Gasteiger partial charge in [-0.3, -0.25) is 0 Å². The Balaban J connectivity index is 2.47. The number of hydrogen-bond donors (Lipinski definition) is 3. The molecule has 0 aliphatic carbocycles. The van der Waals surface area contributed by atoms with Gasteiger partial charge in [-0.1, -0.05) is 12.8 Å². The van der Waals surface area contributed by atoms with Crippen molar-refractivity contribution >= 4 is 15.7 Å². The van der Waals surface area contributed by atoms with Crippen molar-refractivity contribution < 1.29 is 17.9 Å². The van der Waals surface area contributed by atoms with Crippen molar-refractivity contribution in [2.24, 2.45) is 5.14 Å². The highest BCUT2D eigenvalue weighted by Crippen LogP contribution is 2.18. The first-order valence-corrected chi connectivity index (χ1v) is 7.67. The third-order valence-electron chi connectivity index (χ3n) is 2.67. The van der Waals surface area contributed by atoms with Gasteiger partial charge in [-0.15, -0.1) is 0 Å². The van der Waals surface area contributed by atoms with Crippen molar-refractivity contribution in [3.8, 4) is 0 Å². The van der Waals surface area contributed by atoms with Gasteiger partial charge in [-0.25, -0.2) is 17.9 Å². The number of sulfonamides is 1. The van der Waals surface area contributed by atoms with E-state index in [4.69, 9.17) is 10.2 Å². The van der Waals surface area contributed by atoms with Crippen LogP contribution in [0.25, 0.3) is 0 Å². The molecule has 0 spiro atoms. The topological polar surface area (TPSA) is 92.4 Å². The Morgan fingerprint density at radius 1 is 1.21 bits per heavy atom. The van der Waals surface area contributed by atoms with Crippen LogP contribution in [0, 0.1) is 5.82 Å². The maximum absolute atomic E-state index is 13.6. The van der Waals surface area contributed by atoms with E-state index in [0.717, 1.165) is 31.7 Å². The number of nitrogens with one attached hydrogen (secondary N) is 1. The zero-order valence-corrected chi connectivity index (χ0v) is 11.4. The zero-order chi connectivity index (χ0) is 14.3. The van der Waals surface area contributed by atoms with Crippen LogP contribution < -0.4 is 10.5 Å². The van der Waals surface area contributed by atoms with Gasteiger partial charge in [0.2, 0.25) is 10.0 Å². The van der Waals surface area contributed by atoms with E-state index in [-0.39, 0.29) is 17.2 Å². The molecule has 0 saturated heterocycles. The van der Waals surface area contributed by atoms with Crippen LogP contribution in [0.15, 0.2) is 23.1 Å². The normalized spacial score (nSPS) is 11.5. The number of benzene rings is 1. The number of aliphatic hydroxyl groups is 1. The summed E-state index contributed by atoms with van der Waals surface area (Å²) in [5, 5.41) is 16.4. The highest BCUT2D eigenvalue weighted by atomic mass is 32.2. The fourth-order valence-corrected chi connectivity index (χ4v) is 2.16. The van der Waals surface area contributed by atoms with Crippen molar-refractivity contribution in [2.45, 2.75) is 30.6 Å². The second kappa shape index (κ2) is 7.42. The SMILES string of the molecule is NS(=O)(=O)c1ccc(NCCCCCCO)c(F)c1. The third-order valence-corrected chi connectivity index (χ3v) is 3.58. The molecule has 0 unspecified atom stereocenters. The van der Waals surface area contributed by atoms with Crippen molar-refractivity contribution in [1.82, 2.24) is 0 Å². The fraction of sp³-hybridized carbons (Fsp3) is 0.500. The third kappa shape index (κ3) is 5.54. The van der Waals surface area contributed by atoms with Gasteiger partial charge in [0.25, 0.3) is 0 Å². The molecule has 19 heavy (non-hydrogen) atoms. The smallest absolute Gasteiger partial charge is 0.238 e. The highest BCUT2D eigenvalue weighted by Gasteiger charge is 2.11. The predicted octanol–water partition coefficient (Wildman–Crippen LogP) is 1.44. The minimum absolute atomic E-state index is 0.192. The molecule has 1 aromatic carbocycles. The lowest BCUT2D eigenvalue weighted by molar-refractivity contribution is 0.283. The minimum Gasteiger partial charge on any atom is -0.396 e. The van der Waals surface area contributed by atoms with Crippen molar-refractivity contribution in [1.29, 1.82) is 0 Å². The Bertz CT molecular complexity index is 506. The summed E-state index contributed by atoms with van der Waals surface area (Å²) in [7, 11) is -3.87. The molecule has 0 radical (unpaired) electrons. The molecule has 0 saturated carbocycles. The van der Waals surface area contributed by atoms with Crippen LogP contribution in [0.3, 0.4) is 0 Å². The Morgan fingerprint density at radius 2 is 1.89 bits per heavy atom. The lowest BCUT2D eigenvalue weighted by Crippen LogP contribution is -2.13. The summed E-state index contributed by atoms with van der Waals surface area (Å²) in [6.45, 7) is 0.786. The highest BCUT2D eigenvalue weighted by molar-refractivity contribution is 7.89. The van der Waals surface area contributed by atoms with E-state index in [1.165, 1.54) is 12.1 Å². The molecule has 108 valence electrons. The Labute approximate surface area is 112 Å². The number of rotatable bonds is 8. The Morgan fingerprint density at radius 3 is 2.47 bits per heavy atom. The number of hydrogen-bond acceptors (Lipinski definition) is 4. The van der Waals surface area contributed by atoms with Crippen molar-refractivity contribution in [2.75, 3.05) is 18.5 Å². The lowest BCUT2D eigenvalue weighted by atomic mass is 10.2. The van der Waals surface area contributed by atoms with Crippen LogP contribution in [0.4, 0.5) is 10.1 Å². The van der Waals surface area contributed by atoms with Crippen LogP contribution in [-0.2, 0) is 10.0 Å². The van der Waals surface area contributed by atoms with Crippen LogP contribution in [0.1, 0.15) is 25.7 Å². The van der Waals surface area contributed by atoms with Crippen LogP contribution in [-0.4, -0.2) is 26.7 Å². The monoisotopic (exact) mass is 290 g/mol. The first-order chi connectivity index (χ1) is 8.95. The summed E-state index contributed by atoms with van der Waals surface area (Å²) in [5.41, 5.74) is 0.259. The molecule has 0 heterocycles. The summed E-state index contributed by atoms with van der Waals surface area (Å²) in [5.74, 6) is -0.637. The molecule has 1 aromatic rings. The zero-order valence-electron chi connectivity index (χ0n) is 10.6. The number of halogens is 1. The first-order valence-electron chi connectivity index (χ1n) is 6.12. The summed E-state index contributed by atoms with van der Waals surface area (Å²) >= 11 is 0. The molecule has 0 aliphatic heterocycles. The quantitative estimate of drug-likeness (QED) is 0.632. The molecule has 0 amide bonds. The second-order valence-electron chi connectivity index (χ2n) is 4.25. The van der Waals surface area contributed by atoms with E-state index in [1.807, 2.05) is 0 Å². The first kappa shape index (κ1) is 15.9. The molecule has 0 aliphatic rings. The van der Waals surface area contributed by atoms with Crippen LogP contribution in [0.2, 0.25) is 0 Å².